The van der Waals surface area contributed by atoms with Gasteiger partial charge in [0.2, 0.25) is 0 Å². The molecule has 2 amide bonds. The molecule has 0 atom stereocenters. The van der Waals surface area contributed by atoms with E-state index in [2.05, 4.69) is 25.9 Å². The highest BCUT2D eigenvalue weighted by atomic mass is 19.1. The van der Waals surface area contributed by atoms with Crippen molar-refractivity contribution in [3.63, 3.8) is 0 Å². The van der Waals surface area contributed by atoms with E-state index in [9.17, 15) is 24.1 Å². The van der Waals surface area contributed by atoms with E-state index in [-0.39, 0.29) is 43.8 Å². The Morgan fingerprint density at radius 2 is 1.94 bits per heavy atom. The number of rotatable bonds is 10. The van der Waals surface area contributed by atoms with Gasteiger partial charge in [-0.05, 0) is 29.2 Å². The van der Waals surface area contributed by atoms with Crippen molar-refractivity contribution < 1.29 is 28.2 Å². The van der Waals surface area contributed by atoms with Gasteiger partial charge in [-0.1, -0.05) is 5.16 Å². The minimum absolute atomic E-state index is 0.0191. The zero-order valence-corrected chi connectivity index (χ0v) is 15.9. The molecule has 0 aliphatic heterocycles. The fourth-order valence-corrected chi connectivity index (χ4v) is 2.28. The Bertz CT molecular complexity index is 1070. The standard InChI is InChI=1S/C17H16FN7O6/c18-11-1-3-12(4-2-11)30-10-15(26)19-6-7-20-16(27)17-21-13(23-31-17)9-24-8-5-14(22-24)25(28)29/h1-5,8H,6-7,9-10H2,(H,19,26)(H,20,27). The Balaban J connectivity index is 1.36. The molecule has 0 saturated carbocycles. The Morgan fingerprint density at radius 1 is 1.19 bits per heavy atom. The van der Waals surface area contributed by atoms with E-state index in [1.165, 1.54) is 41.2 Å². The zero-order valence-electron chi connectivity index (χ0n) is 15.9. The van der Waals surface area contributed by atoms with E-state index < -0.39 is 22.6 Å². The molecule has 2 N–H and O–H groups in total. The first-order valence-electron chi connectivity index (χ1n) is 8.84. The van der Waals surface area contributed by atoms with Crippen LogP contribution >= 0.6 is 0 Å². The summed E-state index contributed by atoms with van der Waals surface area (Å²) in [6.45, 7) is -0.0770. The normalized spacial score (nSPS) is 10.5. The van der Waals surface area contributed by atoms with Gasteiger partial charge in [0.25, 0.3) is 5.91 Å². The van der Waals surface area contributed by atoms with Gasteiger partial charge in [0.1, 0.15) is 18.1 Å². The number of hydrogen-bond acceptors (Lipinski definition) is 9. The molecule has 31 heavy (non-hydrogen) atoms. The van der Waals surface area contributed by atoms with Crippen molar-refractivity contribution in [3.05, 3.63) is 64.2 Å². The van der Waals surface area contributed by atoms with Gasteiger partial charge in [0, 0.05) is 13.1 Å². The molecule has 0 saturated heterocycles. The van der Waals surface area contributed by atoms with Gasteiger partial charge in [-0.2, -0.15) is 9.67 Å². The smallest absolute Gasteiger partial charge is 0.389 e. The molecule has 0 bridgehead atoms. The van der Waals surface area contributed by atoms with Crippen LogP contribution in [0.5, 0.6) is 5.75 Å². The maximum atomic E-state index is 12.8. The largest absolute Gasteiger partial charge is 0.484 e. The maximum absolute atomic E-state index is 12.8. The van der Waals surface area contributed by atoms with E-state index in [1.807, 2.05) is 0 Å². The number of carbonyl (C=O) groups is 2. The molecule has 162 valence electrons. The molecule has 14 heteroatoms. The average molecular weight is 433 g/mol. The number of ether oxygens (including phenoxy) is 1. The molecule has 0 aliphatic rings. The number of nitro groups is 1. The van der Waals surface area contributed by atoms with Crippen molar-refractivity contribution in [2.75, 3.05) is 19.7 Å². The minimum atomic E-state index is -0.651. The number of carbonyl (C=O) groups excluding carboxylic acids is 2. The van der Waals surface area contributed by atoms with Crippen molar-refractivity contribution >= 4 is 17.6 Å². The van der Waals surface area contributed by atoms with Gasteiger partial charge >= 0.3 is 17.6 Å². The summed E-state index contributed by atoms with van der Waals surface area (Å²) in [5.41, 5.74) is 0. The van der Waals surface area contributed by atoms with Crippen molar-refractivity contribution in [2.45, 2.75) is 6.54 Å². The van der Waals surface area contributed by atoms with Crippen LogP contribution in [0.1, 0.15) is 16.5 Å². The van der Waals surface area contributed by atoms with E-state index in [0.717, 1.165) is 0 Å². The van der Waals surface area contributed by atoms with Crippen LogP contribution < -0.4 is 15.4 Å². The highest BCUT2D eigenvalue weighted by Gasteiger charge is 2.17. The molecular formula is C17H16FN7O6. The van der Waals surface area contributed by atoms with Crippen LogP contribution in [-0.2, 0) is 11.3 Å². The maximum Gasteiger partial charge on any atom is 0.389 e. The molecular weight excluding hydrogens is 417 g/mol. The second-order valence-corrected chi connectivity index (χ2v) is 5.99. The van der Waals surface area contributed by atoms with Gasteiger partial charge in [-0.3, -0.25) is 9.59 Å². The number of benzene rings is 1. The SMILES string of the molecule is O=C(COc1ccc(F)cc1)NCCNC(=O)c1nc(Cn2ccc([N+](=O)[O-])n2)no1. The topological polar surface area (TPSA) is 167 Å². The number of hydrogen-bond donors (Lipinski definition) is 2. The van der Waals surface area contributed by atoms with Crippen LogP contribution in [0.3, 0.4) is 0 Å². The summed E-state index contributed by atoms with van der Waals surface area (Å²) in [6.07, 6.45) is 1.37. The van der Waals surface area contributed by atoms with Crippen molar-refractivity contribution in [1.29, 1.82) is 0 Å². The van der Waals surface area contributed by atoms with Gasteiger partial charge < -0.3 is 30.0 Å². The summed E-state index contributed by atoms with van der Waals surface area (Å²) in [5.74, 6) is -1.66. The third-order valence-corrected chi connectivity index (χ3v) is 3.70. The highest BCUT2D eigenvalue weighted by molar-refractivity contribution is 5.89. The summed E-state index contributed by atoms with van der Waals surface area (Å²) >= 11 is 0. The summed E-state index contributed by atoms with van der Waals surface area (Å²) in [4.78, 5) is 37.6. The fourth-order valence-electron chi connectivity index (χ4n) is 2.28. The Hall–Kier alpha value is -4.36. The van der Waals surface area contributed by atoms with E-state index in [0.29, 0.717) is 5.75 Å². The van der Waals surface area contributed by atoms with Crippen molar-refractivity contribution in [2.24, 2.45) is 0 Å². The first kappa shape index (κ1) is 21.4. The Kier molecular flexibility index (Phi) is 6.82. The van der Waals surface area contributed by atoms with Crippen LogP contribution in [0.2, 0.25) is 0 Å². The third kappa shape index (κ3) is 6.31. The lowest BCUT2D eigenvalue weighted by Gasteiger charge is -2.07. The molecule has 1 aromatic carbocycles. The summed E-state index contributed by atoms with van der Waals surface area (Å²) in [6, 6.07) is 6.44. The molecule has 0 aliphatic carbocycles. The predicted molar refractivity (Wildman–Crippen MR) is 99.5 cm³/mol. The van der Waals surface area contributed by atoms with Crippen LogP contribution in [-0.4, -0.2) is 56.4 Å². The van der Waals surface area contributed by atoms with Crippen LogP contribution in [0.25, 0.3) is 0 Å². The summed E-state index contributed by atoms with van der Waals surface area (Å²) < 4.78 is 24.1. The van der Waals surface area contributed by atoms with Crippen molar-refractivity contribution in [1.82, 2.24) is 30.6 Å². The predicted octanol–water partition coefficient (Wildman–Crippen LogP) is 0.287. The molecule has 2 aromatic heterocycles. The minimum Gasteiger partial charge on any atom is -0.484 e. The first-order valence-corrected chi connectivity index (χ1v) is 8.84. The zero-order chi connectivity index (χ0) is 22.2. The van der Waals surface area contributed by atoms with Gasteiger partial charge in [0.15, 0.2) is 12.4 Å². The van der Waals surface area contributed by atoms with Gasteiger partial charge in [0.05, 0.1) is 17.4 Å². The Morgan fingerprint density at radius 3 is 2.65 bits per heavy atom. The quantitative estimate of drug-likeness (QED) is 0.259. The molecule has 0 spiro atoms. The molecule has 0 unspecified atom stereocenters. The first-order chi connectivity index (χ1) is 14.9. The van der Waals surface area contributed by atoms with E-state index in [1.54, 1.807) is 0 Å². The molecule has 3 rings (SSSR count). The summed E-state index contributed by atoms with van der Waals surface area (Å²) in [7, 11) is 0. The average Bonchev–Trinajstić information content (AvgIpc) is 3.41. The van der Waals surface area contributed by atoms with E-state index >= 15 is 0 Å². The van der Waals surface area contributed by atoms with E-state index in [4.69, 9.17) is 9.26 Å². The Labute approximate surface area is 173 Å². The molecule has 13 nitrogen and oxygen atoms in total. The van der Waals surface area contributed by atoms with Crippen LogP contribution in [0.15, 0.2) is 41.1 Å². The van der Waals surface area contributed by atoms with Gasteiger partial charge in [-0.15, -0.1) is 0 Å². The molecule has 0 fully saturated rings. The second kappa shape index (κ2) is 9.91. The number of aromatic nitrogens is 4. The van der Waals surface area contributed by atoms with Crippen LogP contribution in [0, 0.1) is 15.9 Å². The lowest BCUT2D eigenvalue weighted by atomic mass is 10.3. The van der Waals surface area contributed by atoms with Crippen LogP contribution in [0.4, 0.5) is 10.2 Å². The number of nitrogens with zero attached hydrogens (tertiary/aromatic N) is 5. The lowest BCUT2D eigenvalue weighted by molar-refractivity contribution is -0.389. The number of nitrogens with one attached hydrogen (secondary N) is 2. The highest BCUT2D eigenvalue weighted by Crippen LogP contribution is 2.10. The van der Waals surface area contributed by atoms with Gasteiger partial charge in [-0.25, -0.2) is 4.39 Å². The fraction of sp³-hybridized carbons (Fsp3) is 0.235. The lowest BCUT2D eigenvalue weighted by Crippen LogP contribution is -2.36. The summed E-state index contributed by atoms with van der Waals surface area (Å²) in [5, 5.41) is 23.0. The molecule has 0 radical (unpaired) electrons. The second-order valence-electron chi connectivity index (χ2n) is 5.99. The monoisotopic (exact) mass is 433 g/mol. The number of amides is 2. The third-order valence-electron chi connectivity index (χ3n) is 3.70. The number of halogens is 1. The molecule has 3 aromatic rings. The molecule has 2 heterocycles. The van der Waals surface area contributed by atoms with Crippen molar-refractivity contribution in [3.8, 4) is 5.75 Å².